The Balaban J connectivity index is 1.01. The van der Waals surface area contributed by atoms with E-state index in [1.54, 1.807) is 0 Å². The Labute approximate surface area is 356 Å². The van der Waals surface area contributed by atoms with Gasteiger partial charge in [-0.05, 0) is 102 Å². The minimum atomic E-state index is -0.828. The quantitative estimate of drug-likeness (QED) is 0.0618. The third-order valence-electron chi connectivity index (χ3n) is 9.72. The summed E-state index contributed by atoms with van der Waals surface area (Å²) < 4.78 is 43.9. The second-order valence-corrected chi connectivity index (χ2v) is 13.5. The van der Waals surface area contributed by atoms with Crippen molar-refractivity contribution in [2.24, 2.45) is 0 Å². The number of aliphatic hydroxyl groups is 3. The molecule has 0 atom stereocenters. The lowest BCUT2D eigenvalue weighted by atomic mass is 9.99. The van der Waals surface area contributed by atoms with E-state index in [0.717, 1.165) is 0 Å². The minimum Gasteiger partial charge on any atom is -0.496 e. The molecule has 16 nitrogen and oxygen atoms in total. The number of carbonyl (C=O) groups excluding carboxylic acids is 4. The van der Waals surface area contributed by atoms with Crippen molar-refractivity contribution in [3.8, 4) is 40.2 Å². The molecule has 0 spiro atoms. The Morgan fingerprint density at radius 1 is 0.444 bits per heavy atom. The second-order valence-electron chi connectivity index (χ2n) is 13.5. The molecule has 0 aliphatic rings. The number of fused-ring (bicyclic) bond motifs is 2. The van der Waals surface area contributed by atoms with Crippen LogP contribution in [0.1, 0.15) is 58.1 Å². The Morgan fingerprint density at radius 2 is 0.857 bits per heavy atom. The first-order valence-electron chi connectivity index (χ1n) is 18.8. The van der Waals surface area contributed by atoms with Gasteiger partial charge in [-0.1, -0.05) is 0 Å². The van der Waals surface area contributed by atoms with Crippen LogP contribution in [0.15, 0.2) is 118 Å². The fourth-order valence-electron chi connectivity index (χ4n) is 6.46. The average Bonchev–Trinajstić information content (AvgIpc) is 3.30. The van der Waals surface area contributed by atoms with Gasteiger partial charge in [0.05, 0.1) is 68.6 Å². The van der Waals surface area contributed by atoms with E-state index in [4.69, 9.17) is 37.6 Å². The first-order chi connectivity index (χ1) is 30.5. The predicted molar refractivity (Wildman–Crippen MR) is 223 cm³/mol. The van der Waals surface area contributed by atoms with Crippen molar-refractivity contribution >= 4 is 45.8 Å². The van der Waals surface area contributed by atoms with Crippen LogP contribution >= 0.6 is 0 Å². The molecule has 0 unspecified atom stereocenters. The van der Waals surface area contributed by atoms with E-state index in [0.29, 0.717) is 22.6 Å². The van der Waals surface area contributed by atoms with Gasteiger partial charge >= 0.3 is 23.9 Å². The van der Waals surface area contributed by atoms with Gasteiger partial charge < -0.3 is 52.9 Å². The van der Waals surface area contributed by atoms with Gasteiger partial charge in [-0.15, -0.1) is 0 Å². The number of hydrogen-bond acceptors (Lipinski definition) is 16. The van der Waals surface area contributed by atoms with Crippen LogP contribution in [0.4, 0.5) is 0 Å². The summed E-state index contributed by atoms with van der Waals surface area (Å²) >= 11 is 0. The topological polar surface area (TPSA) is 224 Å². The largest absolute Gasteiger partial charge is 0.496 e. The molecule has 320 valence electrons. The Morgan fingerprint density at radius 3 is 1.32 bits per heavy atom. The third-order valence-corrected chi connectivity index (χ3v) is 9.72. The van der Waals surface area contributed by atoms with E-state index in [1.807, 2.05) is 0 Å². The van der Waals surface area contributed by atoms with Gasteiger partial charge in [0.2, 0.25) is 5.43 Å². The van der Waals surface area contributed by atoms with Crippen molar-refractivity contribution in [2.75, 3.05) is 21.3 Å². The van der Waals surface area contributed by atoms with Crippen LogP contribution in [0.25, 0.3) is 21.9 Å². The van der Waals surface area contributed by atoms with Gasteiger partial charge in [-0.2, -0.15) is 0 Å². The van der Waals surface area contributed by atoms with Crippen molar-refractivity contribution in [3.63, 3.8) is 0 Å². The van der Waals surface area contributed by atoms with E-state index in [-0.39, 0.29) is 83.9 Å². The van der Waals surface area contributed by atoms with E-state index < -0.39 is 43.7 Å². The lowest BCUT2D eigenvalue weighted by Gasteiger charge is -2.13. The number of methoxy groups -OCH3 is 3. The Kier molecular flexibility index (Phi) is 12.8. The number of rotatable bonds is 14. The number of carbonyl (C=O) groups is 4. The summed E-state index contributed by atoms with van der Waals surface area (Å²) in [6.45, 7) is -1.35. The van der Waals surface area contributed by atoms with Crippen molar-refractivity contribution in [2.45, 2.75) is 19.8 Å². The molecule has 0 saturated heterocycles. The molecule has 0 saturated carbocycles. The van der Waals surface area contributed by atoms with Gasteiger partial charge in [0.25, 0.3) is 0 Å². The first kappa shape index (κ1) is 43.1. The molecule has 16 heteroatoms. The number of aliphatic hydroxyl groups excluding tert-OH is 3. The van der Waals surface area contributed by atoms with E-state index in [2.05, 4.69) is 0 Å². The van der Waals surface area contributed by atoms with Crippen molar-refractivity contribution in [3.05, 3.63) is 158 Å². The van der Waals surface area contributed by atoms with Crippen molar-refractivity contribution in [1.82, 2.24) is 0 Å². The maximum absolute atomic E-state index is 13.4. The number of hydrogen-bond donors (Lipinski definition) is 3. The SMILES string of the molecule is COc1cc(OC)c(C(=O)Oc2ccc(C(=O)Oc3ccc4c(=O)c5ccc(OC(=O)c6ccc(OC(=O)c7cc(CO)c(CO)cc7CO)cc6)cc5oc4c3)cc2)cc1OC. The third kappa shape index (κ3) is 9.18. The summed E-state index contributed by atoms with van der Waals surface area (Å²) in [4.78, 5) is 65.5. The lowest BCUT2D eigenvalue weighted by molar-refractivity contribution is 0.0717. The molecule has 7 rings (SSSR count). The minimum absolute atomic E-state index is 0.00438. The summed E-state index contributed by atoms with van der Waals surface area (Å²) in [5.74, 6) is -1.92. The van der Waals surface area contributed by atoms with E-state index in [9.17, 15) is 39.3 Å². The average molecular weight is 857 g/mol. The van der Waals surface area contributed by atoms with Crippen molar-refractivity contribution in [1.29, 1.82) is 0 Å². The molecule has 1 heterocycles. The standard InChI is InChI=1S/C47H36O16/c1-56-38-21-42(58-3)41(57-2)20-37(38)47(55)60-31-10-6-26(7-11-31)45(53)62-33-13-15-35-40(19-33)63-39-18-32(12-14-34(39)43(35)51)61-44(52)25-4-8-30(9-5-25)59-46(54)36-17-28(23-49)27(22-48)16-29(36)24-50/h4-21,48-50H,22-24H2,1-3H3. The lowest BCUT2D eigenvalue weighted by Crippen LogP contribution is -2.14. The number of benzene rings is 6. The van der Waals surface area contributed by atoms with E-state index >= 15 is 0 Å². The molecule has 1 aromatic heterocycles. The molecule has 0 amide bonds. The maximum atomic E-state index is 13.4. The molecule has 0 bridgehead atoms. The fourth-order valence-corrected chi connectivity index (χ4v) is 6.46. The highest BCUT2D eigenvalue weighted by molar-refractivity contribution is 5.97. The molecule has 3 N–H and O–H groups in total. The van der Waals surface area contributed by atoms with Crippen LogP contribution in [0, 0.1) is 0 Å². The summed E-state index contributed by atoms with van der Waals surface area (Å²) in [5, 5.41) is 29.3. The molecule has 63 heavy (non-hydrogen) atoms. The molecule has 0 aliphatic carbocycles. The summed E-state index contributed by atoms with van der Waals surface area (Å²) in [7, 11) is 4.27. The molecular weight excluding hydrogens is 821 g/mol. The van der Waals surface area contributed by atoms with Crippen LogP contribution < -0.4 is 38.6 Å². The van der Waals surface area contributed by atoms with Crippen LogP contribution in [-0.4, -0.2) is 60.5 Å². The van der Waals surface area contributed by atoms with E-state index in [1.165, 1.54) is 131 Å². The highest BCUT2D eigenvalue weighted by Gasteiger charge is 2.22. The first-order valence-corrected chi connectivity index (χ1v) is 18.8. The predicted octanol–water partition coefficient (Wildman–Crippen LogP) is 6.33. The number of ether oxygens (including phenoxy) is 7. The Bertz CT molecular complexity index is 2760. The second kappa shape index (κ2) is 18.7. The van der Waals surface area contributed by atoms with Gasteiger partial charge in [0.15, 0.2) is 11.5 Å². The highest BCUT2D eigenvalue weighted by Crippen LogP contribution is 2.35. The normalized spacial score (nSPS) is 10.9. The van der Waals surface area contributed by atoms with Gasteiger partial charge in [0.1, 0.15) is 45.5 Å². The molecule has 0 fully saturated rings. The molecule has 0 aliphatic heterocycles. The van der Waals surface area contributed by atoms with Crippen LogP contribution in [0.2, 0.25) is 0 Å². The van der Waals surface area contributed by atoms with Crippen LogP contribution in [-0.2, 0) is 19.8 Å². The highest BCUT2D eigenvalue weighted by atomic mass is 16.6. The Hall–Kier alpha value is -8.05. The molecular formula is C47H36O16. The van der Waals surface area contributed by atoms with Crippen molar-refractivity contribution < 1.29 is 72.1 Å². The summed E-state index contributed by atoms with van der Waals surface area (Å²) in [5.41, 5.74) is 0.933. The summed E-state index contributed by atoms with van der Waals surface area (Å²) in [6, 6.07) is 25.3. The van der Waals surface area contributed by atoms with Crippen LogP contribution in [0.3, 0.4) is 0 Å². The maximum Gasteiger partial charge on any atom is 0.347 e. The van der Waals surface area contributed by atoms with Gasteiger partial charge in [-0.3, -0.25) is 4.79 Å². The van der Waals surface area contributed by atoms with Gasteiger partial charge in [0, 0.05) is 24.3 Å². The zero-order valence-corrected chi connectivity index (χ0v) is 33.7. The molecule has 7 aromatic rings. The molecule has 6 aromatic carbocycles. The molecule has 0 radical (unpaired) electrons. The summed E-state index contributed by atoms with van der Waals surface area (Å²) in [6.07, 6.45) is 0. The zero-order valence-electron chi connectivity index (χ0n) is 33.7. The smallest absolute Gasteiger partial charge is 0.347 e. The fraction of sp³-hybridized carbons (Fsp3) is 0.128. The van der Waals surface area contributed by atoms with Gasteiger partial charge in [-0.25, -0.2) is 19.2 Å². The zero-order chi connectivity index (χ0) is 44.8. The van der Waals surface area contributed by atoms with Crippen LogP contribution in [0.5, 0.6) is 40.2 Å². The monoisotopic (exact) mass is 856 g/mol. The number of esters is 4.